The van der Waals surface area contributed by atoms with Gasteiger partial charge in [-0.25, -0.2) is 4.79 Å². The summed E-state index contributed by atoms with van der Waals surface area (Å²) < 4.78 is 27.4. The van der Waals surface area contributed by atoms with Crippen LogP contribution in [0.2, 0.25) is 0 Å². The zero-order valence-corrected chi connectivity index (χ0v) is 12.7. The van der Waals surface area contributed by atoms with Crippen molar-refractivity contribution in [1.82, 2.24) is 5.32 Å². The van der Waals surface area contributed by atoms with Gasteiger partial charge in [0.2, 0.25) is 11.7 Å². The van der Waals surface area contributed by atoms with Crippen LogP contribution in [0.3, 0.4) is 0 Å². The third-order valence-electron chi connectivity index (χ3n) is 2.06. The zero-order valence-electron chi connectivity index (χ0n) is 11.8. The normalized spacial score (nSPS) is 12.8. The van der Waals surface area contributed by atoms with E-state index in [9.17, 15) is 14.2 Å². The molecule has 0 rings (SSSR count). The Bertz CT molecular complexity index is 336. The van der Waals surface area contributed by atoms with Crippen LogP contribution in [0.4, 0.5) is 0 Å². The van der Waals surface area contributed by atoms with Crippen molar-refractivity contribution in [3.8, 4) is 0 Å². The van der Waals surface area contributed by atoms with Gasteiger partial charge in [-0.3, -0.25) is 9.36 Å². The van der Waals surface area contributed by atoms with Gasteiger partial charge in [0.25, 0.3) is 0 Å². The molecule has 0 aromatic rings. The van der Waals surface area contributed by atoms with Gasteiger partial charge in [-0.2, -0.15) is 0 Å². The number of esters is 1. The molecule has 0 heterocycles. The predicted octanol–water partition coefficient (Wildman–Crippen LogP) is 1.67. The molecule has 1 atom stereocenters. The molecular weight excluding hydrogens is 273 g/mol. The van der Waals surface area contributed by atoms with Crippen LogP contribution in [0, 0.1) is 0 Å². The summed E-state index contributed by atoms with van der Waals surface area (Å²) in [5, 5.41) is 2.33. The zero-order chi connectivity index (χ0) is 14.9. The van der Waals surface area contributed by atoms with Gasteiger partial charge in [-0.05, 0) is 20.8 Å². The second-order valence-electron chi connectivity index (χ2n) is 3.45. The first-order chi connectivity index (χ1) is 8.95. The number of ether oxygens (including phenoxy) is 1. The molecule has 0 saturated heterocycles. The van der Waals surface area contributed by atoms with E-state index in [0.29, 0.717) is 0 Å². The van der Waals surface area contributed by atoms with Crippen molar-refractivity contribution >= 4 is 19.5 Å². The Morgan fingerprint density at radius 1 is 1.05 bits per heavy atom. The third kappa shape index (κ3) is 5.72. The largest absolute Gasteiger partial charge is 0.464 e. The summed E-state index contributed by atoms with van der Waals surface area (Å²) >= 11 is 0. The van der Waals surface area contributed by atoms with E-state index in [0.717, 1.165) is 0 Å². The molecule has 8 heteroatoms. The van der Waals surface area contributed by atoms with Crippen molar-refractivity contribution in [1.29, 1.82) is 0 Å². The van der Waals surface area contributed by atoms with Crippen LogP contribution in [-0.4, -0.2) is 37.5 Å². The number of nitrogens with one attached hydrogen (secondary N) is 1. The van der Waals surface area contributed by atoms with Gasteiger partial charge in [-0.15, -0.1) is 0 Å². The molecule has 0 spiro atoms. The summed E-state index contributed by atoms with van der Waals surface area (Å²) in [6.45, 7) is 6.76. The molecule has 19 heavy (non-hydrogen) atoms. The second kappa shape index (κ2) is 9.07. The van der Waals surface area contributed by atoms with Gasteiger partial charge in [0, 0.05) is 6.42 Å². The molecule has 0 aliphatic carbocycles. The molecule has 0 fully saturated rings. The first-order valence-electron chi connectivity index (χ1n) is 6.29. The Kier molecular flexibility index (Phi) is 8.63. The molecule has 0 aliphatic heterocycles. The van der Waals surface area contributed by atoms with Crippen molar-refractivity contribution in [3.63, 3.8) is 0 Å². The van der Waals surface area contributed by atoms with Crippen molar-refractivity contribution in [2.75, 3.05) is 19.8 Å². The monoisotopic (exact) mass is 295 g/mol. The van der Waals surface area contributed by atoms with Crippen LogP contribution in [-0.2, 0) is 27.9 Å². The molecule has 1 N–H and O–H groups in total. The number of hydrogen-bond acceptors (Lipinski definition) is 6. The lowest BCUT2D eigenvalue weighted by Gasteiger charge is -2.25. The Morgan fingerprint density at radius 2 is 1.58 bits per heavy atom. The maximum atomic E-state index is 12.5. The molecular formula is C11H22NO6P. The maximum absolute atomic E-state index is 12.5. The number of rotatable bonds is 9. The third-order valence-corrected chi connectivity index (χ3v) is 4.27. The van der Waals surface area contributed by atoms with Gasteiger partial charge < -0.3 is 19.1 Å². The van der Waals surface area contributed by atoms with E-state index in [4.69, 9.17) is 13.8 Å². The van der Waals surface area contributed by atoms with Gasteiger partial charge >= 0.3 is 13.6 Å². The summed E-state index contributed by atoms with van der Waals surface area (Å²) in [5.41, 5.74) is 0. The molecule has 0 saturated carbocycles. The van der Waals surface area contributed by atoms with Crippen LogP contribution >= 0.6 is 7.60 Å². The van der Waals surface area contributed by atoms with E-state index in [1.807, 2.05) is 0 Å². The first kappa shape index (κ1) is 18.1. The summed E-state index contributed by atoms with van der Waals surface area (Å²) in [4.78, 5) is 23.3. The molecule has 0 aromatic carbocycles. The fourth-order valence-electron chi connectivity index (χ4n) is 1.29. The second-order valence-corrected chi connectivity index (χ2v) is 5.56. The van der Waals surface area contributed by atoms with E-state index in [1.54, 1.807) is 27.7 Å². The summed E-state index contributed by atoms with van der Waals surface area (Å²) in [6.07, 6.45) is 0.147. The lowest BCUT2D eigenvalue weighted by Crippen LogP contribution is -2.42. The highest BCUT2D eigenvalue weighted by atomic mass is 31.2. The Balaban J connectivity index is 5.20. The molecule has 1 unspecified atom stereocenters. The average molecular weight is 295 g/mol. The molecule has 7 nitrogen and oxygen atoms in total. The quantitative estimate of drug-likeness (QED) is 0.514. The molecule has 112 valence electrons. The molecule has 1 amide bonds. The summed E-state index contributed by atoms with van der Waals surface area (Å²) in [5.74, 6) is -2.69. The molecule has 0 radical (unpaired) electrons. The van der Waals surface area contributed by atoms with Crippen molar-refractivity contribution in [2.24, 2.45) is 0 Å². The lowest BCUT2D eigenvalue weighted by atomic mass is 10.4. The predicted molar refractivity (Wildman–Crippen MR) is 69.7 cm³/mol. The maximum Gasteiger partial charge on any atom is 0.364 e. The van der Waals surface area contributed by atoms with Gasteiger partial charge in [-0.1, -0.05) is 6.92 Å². The minimum atomic E-state index is -3.79. The number of carbonyl (C=O) groups excluding carboxylic acids is 2. The van der Waals surface area contributed by atoms with Crippen LogP contribution in [0.5, 0.6) is 0 Å². The fraction of sp³-hybridized carbons (Fsp3) is 0.818. The highest BCUT2D eigenvalue weighted by molar-refractivity contribution is 7.55. The van der Waals surface area contributed by atoms with E-state index in [1.165, 1.54) is 0 Å². The highest BCUT2D eigenvalue weighted by Crippen LogP contribution is 2.52. The molecule has 0 aliphatic rings. The van der Waals surface area contributed by atoms with Crippen LogP contribution in [0.1, 0.15) is 34.1 Å². The lowest BCUT2D eigenvalue weighted by molar-refractivity contribution is -0.145. The Morgan fingerprint density at radius 3 is 1.95 bits per heavy atom. The van der Waals surface area contributed by atoms with Crippen LogP contribution in [0.15, 0.2) is 0 Å². The van der Waals surface area contributed by atoms with Gasteiger partial charge in [0.05, 0.1) is 19.8 Å². The van der Waals surface area contributed by atoms with Crippen LogP contribution in [0.25, 0.3) is 0 Å². The van der Waals surface area contributed by atoms with E-state index in [2.05, 4.69) is 5.32 Å². The smallest absolute Gasteiger partial charge is 0.364 e. The summed E-state index contributed by atoms with van der Waals surface area (Å²) in [7, 11) is -3.79. The SMILES string of the molecule is CCOC(=O)C(NC(=O)CC)P(=O)(OCC)OCC. The van der Waals surface area contributed by atoms with Crippen molar-refractivity contribution in [3.05, 3.63) is 0 Å². The van der Waals surface area contributed by atoms with Crippen molar-refractivity contribution < 1.29 is 27.9 Å². The molecule has 0 aromatic heterocycles. The highest BCUT2D eigenvalue weighted by Gasteiger charge is 2.43. The topological polar surface area (TPSA) is 90.9 Å². The minimum absolute atomic E-state index is 0.0924. The van der Waals surface area contributed by atoms with Gasteiger partial charge in [0.1, 0.15) is 0 Å². The molecule has 0 bridgehead atoms. The van der Waals surface area contributed by atoms with E-state index < -0.39 is 25.3 Å². The number of hydrogen-bond donors (Lipinski definition) is 1. The van der Waals surface area contributed by atoms with Crippen molar-refractivity contribution in [2.45, 2.75) is 39.9 Å². The van der Waals surface area contributed by atoms with E-state index >= 15 is 0 Å². The fourth-order valence-corrected chi connectivity index (χ4v) is 3.02. The Hall–Kier alpha value is -0.910. The summed E-state index contributed by atoms with van der Waals surface area (Å²) in [6, 6.07) is 0. The first-order valence-corrected chi connectivity index (χ1v) is 7.91. The Labute approximate surface area is 113 Å². The average Bonchev–Trinajstić information content (AvgIpc) is 2.36. The standard InChI is InChI=1S/C11H22NO6P/c1-5-9(13)12-10(11(14)16-6-2)19(15,17-7-3)18-8-4/h10H,5-8H2,1-4H3,(H,12,13). The van der Waals surface area contributed by atoms with E-state index in [-0.39, 0.29) is 26.2 Å². The number of amides is 1. The van der Waals surface area contributed by atoms with Gasteiger partial charge in [0.15, 0.2) is 0 Å². The minimum Gasteiger partial charge on any atom is -0.464 e. The van der Waals surface area contributed by atoms with Crippen LogP contribution < -0.4 is 5.32 Å². The number of carbonyl (C=O) groups is 2.